The normalized spacial score (nSPS) is 18.5. The first kappa shape index (κ1) is 18.2. The number of anilines is 1. The average Bonchev–Trinajstić information content (AvgIpc) is 2.77. The fourth-order valence-corrected chi connectivity index (χ4v) is 3.31. The Balaban J connectivity index is 1.23. The third kappa shape index (κ3) is 4.03. The van der Waals surface area contributed by atoms with Gasteiger partial charge in [0.25, 0.3) is 5.91 Å². The lowest BCUT2D eigenvalue weighted by molar-refractivity contribution is -0.160. The SMILES string of the molecule is O=C(OCC(=O)N1CCN(c2ccccc2)CC1)[C@@H]1COc2ccccc2O1. The summed E-state index contributed by atoms with van der Waals surface area (Å²) in [5.74, 6) is 0.307. The molecule has 0 radical (unpaired) electrons. The number of benzene rings is 2. The highest BCUT2D eigenvalue weighted by atomic mass is 16.6. The van der Waals surface area contributed by atoms with E-state index in [0.29, 0.717) is 24.6 Å². The van der Waals surface area contributed by atoms with Gasteiger partial charge < -0.3 is 24.0 Å². The van der Waals surface area contributed by atoms with E-state index in [9.17, 15) is 9.59 Å². The van der Waals surface area contributed by atoms with Crippen LogP contribution in [0.2, 0.25) is 0 Å². The zero-order valence-electron chi connectivity index (χ0n) is 15.5. The second-order valence-electron chi connectivity index (χ2n) is 6.68. The van der Waals surface area contributed by atoms with Gasteiger partial charge in [-0.3, -0.25) is 4.79 Å². The molecule has 7 nitrogen and oxygen atoms in total. The van der Waals surface area contributed by atoms with Crippen molar-refractivity contribution < 1.29 is 23.8 Å². The molecule has 0 N–H and O–H groups in total. The van der Waals surface area contributed by atoms with Crippen LogP contribution >= 0.6 is 0 Å². The number of nitrogens with zero attached hydrogens (tertiary/aromatic N) is 2. The van der Waals surface area contributed by atoms with Gasteiger partial charge in [-0.15, -0.1) is 0 Å². The first-order chi connectivity index (χ1) is 13.7. The van der Waals surface area contributed by atoms with Crippen molar-refractivity contribution in [2.24, 2.45) is 0 Å². The van der Waals surface area contributed by atoms with E-state index in [0.717, 1.165) is 18.8 Å². The number of hydrogen-bond donors (Lipinski definition) is 0. The molecule has 0 saturated carbocycles. The standard InChI is InChI=1S/C21H22N2O5/c24-20(23-12-10-22(11-13-23)16-6-2-1-3-7-16)15-27-21(25)19-14-26-17-8-4-5-9-18(17)28-19/h1-9,19H,10-15H2/t19-/m0/s1. The van der Waals surface area contributed by atoms with Crippen LogP contribution in [0.1, 0.15) is 0 Å². The minimum Gasteiger partial charge on any atom is -0.485 e. The predicted molar refractivity (Wildman–Crippen MR) is 103 cm³/mol. The smallest absolute Gasteiger partial charge is 0.351 e. The molecule has 146 valence electrons. The summed E-state index contributed by atoms with van der Waals surface area (Å²) in [6.45, 7) is 2.48. The lowest BCUT2D eigenvalue weighted by Crippen LogP contribution is -2.50. The van der Waals surface area contributed by atoms with E-state index in [4.69, 9.17) is 14.2 Å². The molecule has 0 bridgehead atoms. The third-order valence-corrected chi connectivity index (χ3v) is 4.86. The van der Waals surface area contributed by atoms with Crippen LogP contribution in [-0.2, 0) is 14.3 Å². The van der Waals surface area contributed by atoms with Crippen LogP contribution in [0.5, 0.6) is 11.5 Å². The lowest BCUT2D eigenvalue weighted by Gasteiger charge is -2.36. The van der Waals surface area contributed by atoms with Gasteiger partial charge >= 0.3 is 5.97 Å². The van der Waals surface area contributed by atoms with E-state index < -0.39 is 12.1 Å². The predicted octanol–water partition coefficient (Wildman–Crippen LogP) is 1.72. The largest absolute Gasteiger partial charge is 0.485 e. The summed E-state index contributed by atoms with van der Waals surface area (Å²) < 4.78 is 16.3. The van der Waals surface area contributed by atoms with Gasteiger partial charge in [0.15, 0.2) is 18.1 Å². The second-order valence-corrected chi connectivity index (χ2v) is 6.68. The average molecular weight is 382 g/mol. The van der Waals surface area contributed by atoms with E-state index in [-0.39, 0.29) is 19.1 Å². The van der Waals surface area contributed by atoms with Crippen LogP contribution in [0.4, 0.5) is 5.69 Å². The molecule has 2 heterocycles. The van der Waals surface area contributed by atoms with Crippen molar-refractivity contribution in [2.45, 2.75) is 6.10 Å². The molecule has 2 aliphatic heterocycles. The van der Waals surface area contributed by atoms with Gasteiger partial charge in [0.1, 0.15) is 6.61 Å². The molecule has 1 amide bonds. The highest BCUT2D eigenvalue weighted by molar-refractivity contribution is 5.82. The highest BCUT2D eigenvalue weighted by Crippen LogP contribution is 2.31. The van der Waals surface area contributed by atoms with Gasteiger partial charge in [-0.05, 0) is 24.3 Å². The summed E-state index contributed by atoms with van der Waals surface area (Å²) in [4.78, 5) is 28.6. The number of amides is 1. The van der Waals surface area contributed by atoms with Crippen molar-refractivity contribution >= 4 is 17.6 Å². The fraction of sp³-hybridized carbons (Fsp3) is 0.333. The molecule has 1 atom stereocenters. The Morgan fingerprint density at radius 1 is 0.929 bits per heavy atom. The van der Waals surface area contributed by atoms with Crippen LogP contribution < -0.4 is 14.4 Å². The maximum absolute atomic E-state index is 12.4. The van der Waals surface area contributed by atoms with Crippen LogP contribution in [-0.4, -0.2) is 62.3 Å². The van der Waals surface area contributed by atoms with E-state index in [1.165, 1.54) is 0 Å². The Morgan fingerprint density at radius 3 is 2.36 bits per heavy atom. The molecular weight excluding hydrogens is 360 g/mol. The molecule has 2 aromatic carbocycles. The highest BCUT2D eigenvalue weighted by Gasteiger charge is 2.30. The Morgan fingerprint density at radius 2 is 1.61 bits per heavy atom. The number of hydrogen-bond acceptors (Lipinski definition) is 6. The van der Waals surface area contributed by atoms with Gasteiger partial charge in [0.2, 0.25) is 6.10 Å². The molecule has 1 saturated heterocycles. The number of esters is 1. The Labute approximate surface area is 163 Å². The molecule has 4 rings (SSSR count). The zero-order chi connectivity index (χ0) is 19.3. The topological polar surface area (TPSA) is 68.3 Å². The number of para-hydroxylation sites is 3. The zero-order valence-corrected chi connectivity index (χ0v) is 15.5. The number of rotatable bonds is 4. The third-order valence-electron chi connectivity index (χ3n) is 4.86. The van der Waals surface area contributed by atoms with E-state index in [2.05, 4.69) is 17.0 Å². The fourth-order valence-electron chi connectivity index (χ4n) is 3.31. The molecule has 2 aliphatic rings. The number of piperazine rings is 1. The first-order valence-electron chi connectivity index (χ1n) is 9.33. The minimum atomic E-state index is -0.863. The van der Waals surface area contributed by atoms with Gasteiger partial charge in [0.05, 0.1) is 0 Å². The van der Waals surface area contributed by atoms with Crippen LogP contribution in [0.25, 0.3) is 0 Å². The van der Waals surface area contributed by atoms with Crippen molar-refractivity contribution in [1.82, 2.24) is 4.90 Å². The van der Waals surface area contributed by atoms with Crippen molar-refractivity contribution in [3.63, 3.8) is 0 Å². The summed E-state index contributed by atoms with van der Waals surface area (Å²) in [5, 5.41) is 0. The van der Waals surface area contributed by atoms with Crippen molar-refractivity contribution in [3.8, 4) is 11.5 Å². The monoisotopic (exact) mass is 382 g/mol. The van der Waals surface area contributed by atoms with Crippen LogP contribution in [0.15, 0.2) is 54.6 Å². The molecule has 0 spiro atoms. The van der Waals surface area contributed by atoms with Crippen molar-refractivity contribution in [1.29, 1.82) is 0 Å². The maximum atomic E-state index is 12.4. The molecule has 28 heavy (non-hydrogen) atoms. The summed E-state index contributed by atoms with van der Waals surface area (Å²) in [5.41, 5.74) is 1.15. The van der Waals surface area contributed by atoms with E-state index in [1.807, 2.05) is 24.3 Å². The van der Waals surface area contributed by atoms with Gasteiger partial charge in [-0.1, -0.05) is 30.3 Å². The Hall–Kier alpha value is -3.22. The molecule has 2 aromatic rings. The lowest BCUT2D eigenvalue weighted by atomic mass is 10.2. The molecule has 0 unspecified atom stereocenters. The summed E-state index contributed by atoms with van der Waals surface area (Å²) in [7, 11) is 0. The Bertz CT molecular complexity index is 834. The summed E-state index contributed by atoms with van der Waals surface area (Å²) >= 11 is 0. The second kappa shape index (κ2) is 8.21. The summed E-state index contributed by atoms with van der Waals surface area (Å²) in [6, 6.07) is 17.2. The molecule has 1 fully saturated rings. The van der Waals surface area contributed by atoms with Crippen molar-refractivity contribution in [3.05, 3.63) is 54.6 Å². The first-order valence-corrected chi connectivity index (χ1v) is 9.33. The number of carbonyl (C=O) groups is 2. The van der Waals surface area contributed by atoms with Gasteiger partial charge in [0, 0.05) is 31.9 Å². The molecular formula is C21H22N2O5. The minimum absolute atomic E-state index is 0.0692. The van der Waals surface area contributed by atoms with Gasteiger partial charge in [-0.25, -0.2) is 4.79 Å². The van der Waals surface area contributed by atoms with Crippen LogP contribution in [0, 0.1) is 0 Å². The number of carbonyl (C=O) groups excluding carboxylic acids is 2. The van der Waals surface area contributed by atoms with Crippen molar-refractivity contribution in [2.75, 3.05) is 44.3 Å². The maximum Gasteiger partial charge on any atom is 0.351 e. The van der Waals surface area contributed by atoms with E-state index >= 15 is 0 Å². The summed E-state index contributed by atoms with van der Waals surface area (Å²) in [6.07, 6.45) is -0.863. The molecule has 7 heteroatoms. The number of ether oxygens (including phenoxy) is 3. The van der Waals surface area contributed by atoms with Gasteiger partial charge in [-0.2, -0.15) is 0 Å². The molecule has 0 aromatic heterocycles. The Kier molecular flexibility index (Phi) is 5.32. The molecule has 0 aliphatic carbocycles. The number of fused-ring (bicyclic) bond motifs is 1. The quantitative estimate of drug-likeness (QED) is 0.750. The van der Waals surface area contributed by atoms with Crippen LogP contribution in [0.3, 0.4) is 0 Å². The van der Waals surface area contributed by atoms with E-state index in [1.54, 1.807) is 23.1 Å².